The van der Waals surface area contributed by atoms with Gasteiger partial charge in [-0.1, -0.05) is 210 Å². The summed E-state index contributed by atoms with van der Waals surface area (Å²) in [5.41, 5.74) is 22.5. The van der Waals surface area contributed by atoms with Crippen molar-refractivity contribution in [2.75, 3.05) is 10.2 Å². The molecule has 2 aliphatic rings. The molecule has 1 aliphatic heterocycles. The first kappa shape index (κ1) is 47.7. The Bertz CT molecular complexity index is 3460. The van der Waals surface area contributed by atoms with Gasteiger partial charge in [0.05, 0.1) is 6.26 Å². The standard InChI is InChI=1S/C63H48N2.C5H6O.C2H6/c1-63(2)60-23-12-11-22-57(60)58-40-41-64-62-39-31-52(43-59(62)56-21-10-9-18-49(56)30-38-61(58)63)51-20-13-19-50(42-51)48-28-36-55(37-29-48)65(53-32-24-46(25-33-53)44-14-5-3-6-15-44)54-34-26-47(27-35-54)45-16-7-4-8-17-45;1-5-3-2-4-6-5;1-2/h3-43,64H,1-2H3;2-4H,1H3;1-2H3/b38-30-,41-40+;;. The van der Waals surface area contributed by atoms with E-state index in [1.807, 2.05) is 32.9 Å². The van der Waals surface area contributed by atoms with Crippen molar-refractivity contribution >= 4 is 34.4 Å². The predicted molar refractivity (Wildman–Crippen MR) is 311 cm³/mol. The third-order valence-corrected chi connectivity index (χ3v) is 13.8. The van der Waals surface area contributed by atoms with E-state index in [2.05, 4.69) is 273 Å². The van der Waals surface area contributed by atoms with Gasteiger partial charge < -0.3 is 14.6 Å². The van der Waals surface area contributed by atoms with Crippen molar-refractivity contribution in [2.24, 2.45) is 0 Å². The molecular formula is C70H60N2O. The zero-order valence-electron chi connectivity index (χ0n) is 42.3. The number of anilines is 4. The largest absolute Gasteiger partial charge is 0.470 e. The van der Waals surface area contributed by atoms with Crippen LogP contribution in [-0.2, 0) is 5.41 Å². The van der Waals surface area contributed by atoms with Crippen LogP contribution in [0.15, 0.2) is 271 Å². The van der Waals surface area contributed by atoms with Crippen molar-refractivity contribution in [3.63, 3.8) is 0 Å². The van der Waals surface area contributed by atoms with Gasteiger partial charge in [-0.25, -0.2) is 0 Å². The van der Waals surface area contributed by atoms with Gasteiger partial charge in [0.1, 0.15) is 5.76 Å². The van der Waals surface area contributed by atoms with E-state index in [1.54, 1.807) is 6.26 Å². The van der Waals surface area contributed by atoms with Crippen molar-refractivity contribution in [3.8, 4) is 55.6 Å². The summed E-state index contributed by atoms with van der Waals surface area (Å²) in [4.78, 5) is 2.34. The molecule has 10 aromatic rings. The molecule has 0 fully saturated rings. The lowest BCUT2D eigenvalue weighted by atomic mass is 9.80. The molecule has 3 heteroatoms. The van der Waals surface area contributed by atoms with Crippen LogP contribution >= 0.6 is 0 Å². The summed E-state index contributed by atoms with van der Waals surface area (Å²) in [6.07, 6.45) is 10.7. The highest BCUT2D eigenvalue weighted by molar-refractivity contribution is 5.93. The Kier molecular flexibility index (Phi) is 14.1. The Hall–Kier alpha value is -8.92. The lowest BCUT2D eigenvalue weighted by Crippen LogP contribution is -2.15. The van der Waals surface area contributed by atoms with E-state index in [-0.39, 0.29) is 5.41 Å². The number of rotatable bonds is 7. The third kappa shape index (κ3) is 10.2. The van der Waals surface area contributed by atoms with E-state index in [4.69, 9.17) is 4.42 Å². The molecule has 3 nitrogen and oxygen atoms in total. The summed E-state index contributed by atoms with van der Waals surface area (Å²) in [7, 11) is 0. The topological polar surface area (TPSA) is 28.4 Å². The lowest BCUT2D eigenvalue weighted by Gasteiger charge is -2.26. The van der Waals surface area contributed by atoms with Crippen molar-refractivity contribution in [1.82, 2.24) is 0 Å². The maximum Gasteiger partial charge on any atom is 0.100 e. The summed E-state index contributed by atoms with van der Waals surface area (Å²) >= 11 is 0. The van der Waals surface area contributed by atoms with E-state index in [0.717, 1.165) is 39.6 Å². The summed E-state index contributed by atoms with van der Waals surface area (Å²) in [5.74, 6) is 0.968. The second-order valence-corrected chi connectivity index (χ2v) is 18.7. The average molecular weight is 945 g/mol. The van der Waals surface area contributed by atoms with Gasteiger partial charge in [0.15, 0.2) is 0 Å². The van der Waals surface area contributed by atoms with Crippen LogP contribution in [-0.4, -0.2) is 0 Å². The molecule has 0 saturated heterocycles. The quantitative estimate of drug-likeness (QED) is 0.173. The molecule has 0 saturated carbocycles. The van der Waals surface area contributed by atoms with E-state index in [9.17, 15) is 0 Å². The number of hydrogen-bond acceptors (Lipinski definition) is 3. The fraction of sp³-hybridized carbons (Fsp3) is 0.0857. The smallest absolute Gasteiger partial charge is 0.100 e. The van der Waals surface area contributed by atoms with Crippen LogP contribution in [0.2, 0.25) is 0 Å². The number of benzene rings is 9. The Balaban J connectivity index is 0.000000707. The van der Waals surface area contributed by atoms with Gasteiger partial charge in [-0.3, -0.25) is 0 Å². The number of nitrogens with one attached hydrogen (secondary N) is 1. The molecule has 1 aromatic heterocycles. The molecule has 2 heterocycles. The Morgan fingerprint density at radius 3 is 1.44 bits per heavy atom. The molecule has 1 aliphatic carbocycles. The maximum atomic E-state index is 4.83. The summed E-state index contributed by atoms with van der Waals surface area (Å²) in [5, 5.41) is 3.70. The fourth-order valence-corrected chi connectivity index (χ4v) is 10.1. The van der Waals surface area contributed by atoms with Crippen molar-refractivity contribution in [1.29, 1.82) is 0 Å². The molecule has 0 bridgehead atoms. The van der Waals surface area contributed by atoms with E-state index in [0.29, 0.717) is 0 Å². The fourth-order valence-electron chi connectivity index (χ4n) is 10.1. The van der Waals surface area contributed by atoms with Gasteiger partial charge >= 0.3 is 0 Å². The Morgan fingerprint density at radius 1 is 0.397 bits per heavy atom. The first-order valence-electron chi connectivity index (χ1n) is 25.4. The molecule has 0 radical (unpaired) electrons. The molecule has 1 N–H and O–H groups in total. The molecule has 356 valence electrons. The van der Waals surface area contributed by atoms with Crippen LogP contribution in [0.5, 0.6) is 0 Å². The van der Waals surface area contributed by atoms with Crippen LogP contribution < -0.4 is 10.2 Å². The molecule has 12 rings (SSSR count). The van der Waals surface area contributed by atoms with Gasteiger partial charge in [-0.15, -0.1) is 0 Å². The number of furan rings is 1. The van der Waals surface area contributed by atoms with Crippen LogP contribution in [0.25, 0.3) is 67.3 Å². The summed E-state index contributed by atoms with van der Waals surface area (Å²) < 4.78 is 4.83. The minimum absolute atomic E-state index is 0.106. The molecule has 0 unspecified atom stereocenters. The molecule has 73 heavy (non-hydrogen) atoms. The van der Waals surface area contributed by atoms with Crippen LogP contribution in [0.1, 0.15) is 50.1 Å². The minimum Gasteiger partial charge on any atom is -0.470 e. The zero-order valence-corrected chi connectivity index (χ0v) is 42.3. The zero-order chi connectivity index (χ0) is 50.2. The van der Waals surface area contributed by atoms with Gasteiger partial charge in [0.25, 0.3) is 0 Å². The minimum atomic E-state index is -0.106. The van der Waals surface area contributed by atoms with E-state index in [1.165, 1.54) is 72.3 Å². The Morgan fingerprint density at radius 2 is 0.877 bits per heavy atom. The SMILES string of the molecule is CC.CC1(C)C2=C(/C=C/Nc3ccc(-c4cccc(-c5ccc(N(c6ccc(-c7ccccc7)cc6)c6ccc(-c7ccccc7)cc6)cc5)c4)cc3-c3ccccc3/C=C\2)c2ccccc21.Cc1ccco1. The second kappa shape index (κ2) is 21.6. The third-order valence-electron chi connectivity index (χ3n) is 13.8. The van der Waals surface area contributed by atoms with Gasteiger partial charge in [0, 0.05) is 39.9 Å². The number of allylic oxidation sites excluding steroid dienone is 4. The monoisotopic (exact) mass is 944 g/mol. The molecule has 9 aromatic carbocycles. The van der Waals surface area contributed by atoms with Gasteiger partial charge in [-0.05, 0) is 158 Å². The number of aryl methyl sites for hydroxylation is 1. The first-order valence-corrected chi connectivity index (χ1v) is 25.4. The lowest BCUT2D eigenvalue weighted by molar-refractivity contribution is 0.534. The van der Waals surface area contributed by atoms with Gasteiger partial charge in [-0.2, -0.15) is 0 Å². The van der Waals surface area contributed by atoms with E-state index < -0.39 is 0 Å². The molecule has 0 atom stereocenters. The highest BCUT2D eigenvalue weighted by atomic mass is 16.3. The van der Waals surface area contributed by atoms with E-state index >= 15 is 0 Å². The maximum absolute atomic E-state index is 4.83. The highest BCUT2D eigenvalue weighted by Crippen LogP contribution is 2.48. The van der Waals surface area contributed by atoms with Crippen LogP contribution in [0, 0.1) is 6.92 Å². The number of fused-ring (bicyclic) bond motifs is 5. The first-order chi connectivity index (χ1) is 35.9. The van der Waals surface area contributed by atoms with Crippen LogP contribution in [0.3, 0.4) is 0 Å². The molecule has 0 amide bonds. The normalized spacial score (nSPS) is 13.7. The summed E-state index contributed by atoms with van der Waals surface area (Å²) in [6.45, 7) is 10.6. The molecular weight excluding hydrogens is 885 g/mol. The highest BCUT2D eigenvalue weighted by Gasteiger charge is 2.35. The second-order valence-electron chi connectivity index (χ2n) is 18.7. The van der Waals surface area contributed by atoms with Gasteiger partial charge in [0.2, 0.25) is 0 Å². The van der Waals surface area contributed by atoms with Crippen molar-refractivity contribution < 1.29 is 4.42 Å². The number of nitrogens with zero attached hydrogens (tertiary/aromatic N) is 1. The number of hydrogen-bond donors (Lipinski definition) is 1. The van der Waals surface area contributed by atoms with Crippen LogP contribution in [0.4, 0.5) is 22.7 Å². The average Bonchev–Trinajstić information content (AvgIpc) is 4.02. The Labute approximate surface area is 431 Å². The van der Waals surface area contributed by atoms with Crippen molar-refractivity contribution in [3.05, 3.63) is 289 Å². The molecule has 0 spiro atoms. The van der Waals surface area contributed by atoms with Crippen molar-refractivity contribution in [2.45, 2.75) is 40.0 Å². The predicted octanol–water partition coefficient (Wildman–Crippen LogP) is 19.8. The summed E-state index contributed by atoms with van der Waals surface area (Å²) in [6, 6.07) is 85.0.